The molecule has 76 valence electrons. The predicted molar refractivity (Wildman–Crippen MR) is 63.3 cm³/mol. The van der Waals surface area contributed by atoms with E-state index in [1.54, 1.807) is 0 Å². The van der Waals surface area contributed by atoms with Gasteiger partial charge in [-0.05, 0) is 6.07 Å². The van der Waals surface area contributed by atoms with E-state index in [-0.39, 0.29) is 0 Å². The SMILES string of the molecule is ClCc1cccnc1N1CCSCC1. The van der Waals surface area contributed by atoms with Gasteiger partial charge in [0, 0.05) is 36.4 Å². The fourth-order valence-electron chi connectivity index (χ4n) is 1.59. The van der Waals surface area contributed by atoms with Crippen LogP contribution in [-0.4, -0.2) is 29.6 Å². The van der Waals surface area contributed by atoms with Crippen molar-refractivity contribution in [3.8, 4) is 0 Å². The number of thioether (sulfide) groups is 1. The van der Waals surface area contributed by atoms with Crippen LogP contribution >= 0.6 is 23.4 Å². The van der Waals surface area contributed by atoms with Crippen molar-refractivity contribution in [2.45, 2.75) is 5.88 Å². The van der Waals surface area contributed by atoms with Crippen molar-refractivity contribution in [2.75, 3.05) is 29.5 Å². The van der Waals surface area contributed by atoms with Gasteiger partial charge >= 0.3 is 0 Å². The molecule has 0 N–H and O–H groups in total. The van der Waals surface area contributed by atoms with Crippen LogP contribution < -0.4 is 4.90 Å². The zero-order valence-electron chi connectivity index (χ0n) is 7.95. The summed E-state index contributed by atoms with van der Waals surface area (Å²) in [7, 11) is 0. The minimum absolute atomic E-state index is 0.548. The van der Waals surface area contributed by atoms with Gasteiger partial charge in [-0.15, -0.1) is 11.6 Å². The van der Waals surface area contributed by atoms with Gasteiger partial charge in [-0.1, -0.05) is 6.07 Å². The van der Waals surface area contributed by atoms with Gasteiger partial charge in [-0.3, -0.25) is 0 Å². The number of nitrogens with zero attached hydrogens (tertiary/aromatic N) is 2. The quantitative estimate of drug-likeness (QED) is 0.724. The number of alkyl halides is 1. The summed E-state index contributed by atoms with van der Waals surface area (Å²) >= 11 is 7.88. The van der Waals surface area contributed by atoms with Crippen molar-refractivity contribution in [1.29, 1.82) is 0 Å². The fourth-order valence-corrected chi connectivity index (χ4v) is 2.71. The van der Waals surface area contributed by atoms with Gasteiger partial charge in [0.1, 0.15) is 5.82 Å². The smallest absolute Gasteiger partial charge is 0.132 e. The molecule has 1 saturated heterocycles. The van der Waals surface area contributed by atoms with Crippen LogP contribution in [0.2, 0.25) is 0 Å². The highest BCUT2D eigenvalue weighted by molar-refractivity contribution is 7.99. The molecule has 0 amide bonds. The molecular formula is C10H13ClN2S. The lowest BCUT2D eigenvalue weighted by Crippen LogP contribution is -2.33. The largest absolute Gasteiger partial charge is 0.355 e. The van der Waals surface area contributed by atoms with E-state index in [0.717, 1.165) is 24.5 Å². The Morgan fingerprint density at radius 2 is 2.21 bits per heavy atom. The molecule has 0 spiro atoms. The minimum atomic E-state index is 0.548. The Morgan fingerprint density at radius 1 is 1.43 bits per heavy atom. The molecule has 0 aliphatic carbocycles. The summed E-state index contributed by atoms with van der Waals surface area (Å²) in [5, 5.41) is 0. The van der Waals surface area contributed by atoms with Crippen molar-refractivity contribution in [2.24, 2.45) is 0 Å². The normalized spacial score (nSPS) is 17.1. The molecular weight excluding hydrogens is 216 g/mol. The monoisotopic (exact) mass is 228 g/mol. The van der Waals surface area contributed by atoms with Gasteiger partial charge in [0.2, 0.25) is 0 Å². The topological polar surface area (TPSA) is 16.1 Å². The second-order valence-corrected chi connectivity index (χ2v) is 4.71. The number of rotatable bonds is 2. The molecule has 1 aromatic heterocycles. The molecule has 0 unspecified atom stereocenters. The summed E-state index contributed by atoms with van der Waals surface area (Å²) in [4.78, 5) is 6.73. The summed E-state index contributed by atoms with van der Waals surface area (Å²) in [6, 6.07) is 4.00. The Hall–Kier alpha value is -0.410. The molecule has 0 radical (unpaired) electrons. The number of anilines is 1. The van der Waals surface area contributed by atoms with Gasteiger partial charge in [0.15, 0.2) is 0 Å². The first kappa shape index (κ1) is 10.1. The zero-order chi connectivity index (χ0) is 9.80. The Morgan fingerprint density at radius 3 is 2.93 bits per heavy atom. The molecule has 1 aromatic rings. The van der Waals surface area contributed by atoms with E-state index < -0.39 is 0 Å². The molecule has 0 saturated carbocycles. The van der Waals surface area contributed by atoms with Crippen LogP contribution in [0.4, 0.5) is 5.82 Å². The first-order chi connectivity index (χ1) is 6.92. The van der Waals surface area contributed by atoms with Gasteiger partial charge in [0.25, 0.3) is 0 Å². The molecule has 14 heavy (non-hydrogen) atoms. The van der Waals surface area contributed by atoms with Crippen LogP contribution in [-0.2, 0) is 5.88 Å². The first-order valence-corrected chi connectivity index (χ1v) is 6.43. The molecule has 0 aromatic carbocycles. The number of pyridine rings is 1. The molecule has 4 heteroatoms. The van der Waals surface area contributed by atoms with E-state index in [9.17, 15) is 0 Å². The third-order valence-corrected chi connectivity index (χ3v) is 3.55. The van der Waals surface area contributed by atoms with E-state index in [2.05, 4.69) is 16.0 Å². The van der Waals surface area contributed by atoms with E-state index >= 15 is 0 Å². The first-order valence-electron chi connectivity index (χ1n) is 4.74. The Labute approximate surface area is 93.7 Å². The predicted octanol–water partition coefficient (Wildman–Crippen LogP) is 2.37. The number of halogens is 1. The third-order valence-electron chi connectivity index (χ3n) is 2.32. The molecule has 2 rings (SSSR count). The Kier molecular flexibility index (Phi) is 3.54. The van der Waals surface area contributed by atoms with Crippen molar-refractivity contribution in [3.05, 3.63) is 23.9 Å². The van der Waals surface area contributed by atoms with Crippen LogP contribution in [0.15, 0.2) is 18.3 Å². The minimum Gasteiger partial charge on any atom is -0.355 e. The van der Waals surface area contributed by atoms with Gasteiger partial charge in [-0.25, -0.2) is 4.98 Å². The fraction of sp³-hybridized carbons (Fsp3) is 0.500. The Balaban J connectivity index is 2.20. The van der Waals surface area contributed by atoms with Gasteiger partial charge in [-0.2, -0.15) is 11.8 Å². The molecule has 2 heterocycles. The van der Waals surface area contributed by atoms with Crippen LogP contribution in [0.25, 0.3) is 0 Å². The lowest BCUT2D eigenvalue weighted by atomic mass is 10.2. The zero-order valence-corrected chi connectivity index (χ0v) is 9.52. The van der Waals surface area contributed by atoms with Crippen LogP contribution in [0, 0.1) is 0 Å². The maximum Gasteiger partial charge on any atom is 0.132 e. The lowest BCUT2D eigenvalue weighted by molar-refractivity contribution is 0.833. The van der Waals surface area contributed by atoms with Crippen LogP contribution in [0.3, 0.4) is 0 Å². The summed E-state index contributed by atoms with van der Waals surface area (Å²) in [5.41, 5.74) is 1.14. The molecule has 1 aliphatic heterocycles. The Bertz CT molecular complexity index is 300. The van der Waals surface area contributed by atoms with E-state index in [0.29, 0.717) is 5.88 Å². The van der Waals surface area contributed by atoms with Crippen LogP contribution in [0.5, 0.6) is 0 Å². The second kappa shape index (κ2) is 4.89. The number of hydrogen-bond acceptors (Lipinski definition) is 3. The second-order valence-electron chi connectivity index (χ2n) is 3.22. The lowest BCUT2D eigenvalue weighted by Gasteiger charge is -2.28. The maximum absolute atomic E-state index is 5.88. The average Bonchev–Trinajstić information content (AvgIpc) is 2.30. The summed E-state index contributed by atoms with van der Waals surface area (Å²) < 4.78 is 0. The highest BCUT2D eigenvalue weighted by atomic mass is 35.5. The van der Waals surface area contributed by atoms with E-state index in [4.69, 9.17) is 11.6 Å². The molecule has 0 bridgehead atoms. The number of hydrogen-bond donors (Lipinski definition) is 0. The third kappa shape index (κ3) is 2.15. The molecule has 2 nitrogen and oxygen atoms in total. The highest BCUT2D eigenvalue weighted by Crippen LogP contribution is 2.22. The maximum atomic E-state index is 5.88. The molecule has 1 aliphatic rings. The van der Waals surface area contributed by atoms with E-state index in [1.165, 1.54) is 11.5 Å². The van der Waals surface area contributed by atoms with Crippen molar-refractivity contribution < 1.29 is 0 Å². The average molecular weight is 229 g/mol. The van der Waals surface area contributed by atoms with Crippen LogP contribution in [0.1, 0.15) is 5.56 Å². The van der Waals surface area contributed by atoms with Gasteiger partial charge in [0.05, 0.1) is 5.88 Å². The van der Waals surface area contributed by atoms with Gasteiger partial charge < -0.3 is 4.90 Å². The van der Waals surface area contributed by atoms with Crippen molar-refractivity contribution in [3.63, 3.8) is 0 Å². The van der Waals surface area contributed by atoms with Crippen molar-refractivity contribution >= 4 is 29.2 Å². The molecule has 1 fully saturated rings. The number of aromatic nitrogens is 1. The van der Waals surface area contributed by atoms with E-state index in [1.807, 2.05) is 24.0 Å². The summed E-state index contributed by atoms with van der Waals surface area (Å²) in [6.45, 7) is 2.18. The summed E-state index contributed by atoms with van der Waals surface area (Å²) in [5.74, 6) is 4.01. The summed E-state index contributed by atoms with van der Waals surface area (Å²) in [6.07, 6.45) is 1.84. The highest BCUT2D eigenvalue weighted by Gasteiger charge is 2.14. The van der Waals surface area contributed by atoms with Crippen molar-refractivity contribution in [1.82, 2.24) is 4.98 Å². The molecule has 0 atom stereocenters. The standard InChI is InChI=1S/C10H13ClN2S/c11-8-9-2-1-3-12-10(9)13-4-6-14-7-5-13/h1-3H,4-8H2.